The number of hydrogen-bond acceptors (Lipinski definition) is 2. The van der Waals surface area contributed by atoms with Crippen molar-refractivity contribution in [3.8, 4) is 0 Å². The van der Waals surface area contributed by atoms with Gasteiger partial charge in [0.05, 0.1) is 11.2 Å². The van der Waals surface area contributed by atoms with Crippen molar-refractivity contribution in [1.82, 2.24) is 0 Å². The fraction of sp³-hybridized carbons (Fsp3) is 0.657. The molecule has 0 bridgehead atoms. The van der Waals surface area contributed by atoms with Crippen LogP contribution in [-0.4, -0.2) is 18.3 Å². The normalized spacial score (nSPS) is 11.4. The summed E-state index contributed by atoms with van der Waals surface area (Å²) >= 11 is 0. The standard InChI is InChI=1S/C16H19BO2.C4H9.C3H7.12CH4.Y/c1-15(2)16(3,4)19-17(18-15)14-10-9-12-7-5-6-8-13(12)11-14;1-3-4-2;1-3-2;;;;;;;;;;;;;/h5-11H,1-4H3;1,3-4H2,2H3;1,3H2,2H3;12*1H4;/q;2*-1;;;;;;;;;;;;;. The van der Waals surface area contributed by atoms with E-state index in [1.165, 1.54) is 17.2 Å². The molecular formula is C35H83BO2Y-2. The molecule has 0 saturated carbocycles. The smallest absolute Gasteiger partial charge is 0.399 e. The van der Waals surface area contributed by atoms with Crippen LogP contribution in [0.3, 0.4) is 0 Å². The van der Waals surface area contributed by atoms with Crippen LogP contribution >= 0.6 is 0 Å². The molecule has 2 aromatic carbocycles. The first kappa shape index (κ1) is 83.3. The van der Waals surface area contributed by atoms with E-state index in [2.05, 4.69) is 90.9 Å². The van der Waals surface area contributed by atoms with E-state index in [-0.39, 0.29) is 140 Å². The van der Waals surface area contributed by atoms with Crippen LogP contribution in [-0.2, 0) is 42.0 Å². The van der Waals surface area contributed by atoms with Crippen molar-refractivity contribution in [2.45, 2.75) is 161 Å². The zero-order chi connectivity index (χ0) is 19.8. The molecule has 1 aliphatic rings. The van der Waals surface area contributed by atoms with E-state index in [9.17, 15) is 0 Å². The zero-order valence-corrected chi connectivity index (χ0v) is 20.9. The molecule has 1 radical (unpaired) electrons. The molecular weight excluding hydrogens is 552 g/mol. The van der Waals surface area contributed by atoms with Crippen LogP contribution in [0.4, 0.5) is 0 Å². The third-order valence-electron chi connectivity index (χ3n) is 4.65. The van der Waals surface area contributed by atoms with Gasteiger partial charge in [-0.1, -0.05) is 152 Å². The van der Waals surface area contributed by atoms with Crippen LogP contribution in [0.1, 0.15) is 150 Å². The van der Waals surface area contributed by atoms with Crippen molar-refractivity contribution < 1.29 is 42.0 Å². The number of fused-ring (bicyclic) bond motifs is 1. The molecule has 39 heavy (non-hydrogen) atoms. The first-order valence-corrected chi connectivity index (χ1v) is 9.65. The van der Waals surface area contributed by atoms with E-state index in [0.717, 1.165) is 18.3 Å². The molecule has 0 atom stereocenters. The number of unbranched alkanes of at least 4 members (excludes halogenated alkanes) is 1. The minimum absolute atomic E-state index is 0. The minimum Gasteiger partial charge on any atom is -0.399 e. The minimum atomic E-state index is -0.288. The van der Waals surface area contributed by atoms with Crippen molar-refractivity contribution in [1.29, 1.82) is 0 Å². The predicted octanol–water partition coefficient (Wildman–Crippen LogP) is 13.6. The van der Waals surface area contributed by atoms with E-state index in [1.54, 1.807) is 0 Å². The molecule has 1 aliphatic heterocycles. The average Bonchev–Trinajstić information content (AvgIpc) is 2.83. The summed E-state index contributed by atoms with van der Waals surface area (Å²) in [5.74, 6) is 0. The summed E-state index contributed by atoms with van der Waals surface area (Å²) in [5.41, 5.74) is 0.504. The van der Waals surface area contributed by atoms with E-state index < -0.39 is 0 Å². The quantitative estimate of drug-likeness (QED) is 0.241. The predicted molar refractivity (Wildman–Crippen MR) is 196 cm³/mol. The van der Waals surface area contributed by atoms with E-state index in [0.29, 0.717) is 0 Å². The first-order valence-electron chi connectivity index (χ1n) is 9.65. The Kier molecular flexibility index (Phi) is 85.3. The van der Waals surface area contributed by atoms with Gasteiger partial charge < -0.3 is 23.2 Å². The third kappa shape index (κ3) is 25.2. The van der Waals surface area contributed by atoms with E-state index >= 15 is 0 Å². The van der Waals surface area contributed by atoms with Gasteiger partial charge in [0, 0.05) is 32.7 Å². The second-order valence-corrected chi connectivity index (χ2v) is 7.55. The maximum absolute atomic E-state index is 6.08. The second kappa shape index (κ2) is 39.9. The molecule has 0 aliphatic carbocycles. The Hall–Kier alpha value is -0.211. The van der Waals surface area contributed by atoms with Crippen molar-refractivity contribution in [3.05, 3.63) is 56.3 Å². The van der Waals surface area contributed by atoms with E-state index in [4.69, 9.17) is 9.31 Å². The molecule has 0 N–H and O–H groups in total. The molecule has 0 amide bonds. The molecule has 4 heteroatoms. The van der Waals surface area contributed by atoms with Crippen LogP contribution in [0.25, 0.3) is 10.8 Å². The van der Waals surface area contributed by atoms with Crippen LogP contribution in [0.15, 0.2) is 42.5 Å². The maximum Gasteiger partial charge on any atom is 0.494 e. The van der Waals surface area contributed by atoms with Crippen LogP contribution in [0.5, 0.6) is 0 Å². The van der Waals surface area contributed by atoms with Gasteiger partial charge in [0.2, 0.25) is 0 Å². The van der Waals surface area contributed by atoms with Crippen LogP contribution < -0.4 is 5.46 Å². The molecule has 2 nitrogen and oxygen atoms in total. The van der Waals surface area contributed by atoms with Gasteiger partial charge in [-0.15, -0.1) is 0 Å². The van der Waals surface area contributed by atoms with Crippen molar-refractivity contribution in [2.24, 2.45) is 0 Å². The number of rotatable bonds is 2. The molecule has 0 unspecified atom stereocenters. The Morgan fingerprint density at radius 3 is 1.23 bits per heavy atom. The molecule has 243 valence electrons. The van der Waals surface area contributed by atoms with Gasteiger partial charge in [-0.05, 0) is 43.9 Å². The SMILES string of the molecule is C.C.C.C.C.C.C.C.C.C.C.C.CC1(C)OB(c2ccc3ccccc3c2)OC1(C)C.[CH2-]CC.[CH2-]CCC.[Y]. The van der Waals surface area contributed by atoms with Gasteiger partial charge >= 0.3 is 7.12 Å². The van der Waals surface area contributed by atoms with Gasteiger partial charge in [-0.2, -0.15) is 12.8 Å². The summed E-state index contributed by atoms with van der Waals surface area (Å²) < 4.78 is 12.2. The Morgan fingerprint density at radius 1 is 0.615 bits per heavy atom. The average molecular weight is 636 g/mol. The van der Waals surface area contributed by atoms with Crippen molar-refractivity contribution >= 4 is 23.4 Å². The molecule has 0 spiro atoms. The van der Waals surface area contributed by atoms with Crippen molar-refractivity contribution in [2.75, 3.05) is 0 Å². The largest absolute Gasteiger partial charge is 0.494 e. The number of hydrogen-bond donors (Lipinski definition) is 0. The van der Waals surface area contributed by atoms with Gasteiger partial charge in [0.25, 0.3) is 0 Å². The molecule has 1 fully saturated rings. The summed E-state index contributed by atoms with van der Waals surface area (Å²) in [4.78, 5) is 0. The van der Waals surface area contributed by atoms with Gasteiger partial charge in [-0.25, -0.2) is 0 Å². The van der Waals surface area contributed by atoms with Gasteiger partial charge in [-0.3, -0.25) is 0 Å². The van der Waals surface area contributed by atoms with Crippen LogP contribution in [0.2, 0.25) is 0 Å². The zero-order valence-electron chi connectivity index (χ0n) is 18.0. The summed E-state index contributed by atoms with van der Waals surface area (Å²) in [6, 6.07) is 14.7. The maximum atomic E-state index is 6.08. The monoisotopic (exact) mass is 636 g/mol. The summed E-state index contributed by atoms with van der Waals surface area (Å²) in [6.45, 7) is 19.5. The first-order chi connectivity index (χ1) is 12.2. The molecule has 1 heterocycles. The van der Waals surface area contributed by atoms with E-state index in [1.807, 2.05) is 6.92 Å². The summed E-state index contributed by atoms with van der Waals surface area (Å²) in [6.07, 6.45) is 3.28. The Balaban J connectivity index is -0.0000000282. The molecule has 3 rings (SSSR count). The molecule has 0 aromatic heterocycles. The molecule has 1 saturated heterocycles. The third-order valence-corrected chi connectivity index (χ3v) is 4.65. The fourth-order valence-electron chi connectivity index (χ4n) is 2.33. The second-order valence-electron chi connectivity index (χ2n) is 7.55. The Morgan fingerprint density at radius 2 is 0.923 bits per heavy atom. The summed E-state index contributed by atoms with van der Waals surface area (Å²) in [7, 11) is -0.283. The Bertz CT molecular complexity index is 654. The van der Waals surface area contributed by atoms with Gasteiger partial charge in [0.15, 0.2) is 0 Å². The van der Waals surface area contributed by atoms with Crippen molar-refractivity contribution in [3.63, 3.8) is 0 Å². The topological polar surface area (TPSA) is 18.5 Å². The van der Waals surface area contributed by atoms with Crippen LogP contribution in [0, 0.1) is 13.8 Å². The number of benzene rings is 2. The molecule has 2 aromatic rings. The Labute approximate surface area is 281 Å². The van der Waals surface area contributed by atoms with Gasteiger partial charge in [0.1, 0.15) is 0 Å². The fourth-order valence-corrected chi connectivity index (χ4v) is 2.33. The summed E-state index contributed by atoms with van der Waals surface area (Å²) in [5, 5.41) is 2.46.